The van der Waals surface area contributed by atoms with Crippen molar-refractivity contribution in [2.75, 3.05) is 17.7 Å². The van der Waals surface area contributed by atoms with Crippen molar-refractivity contribution >= 4 is 34.2 Å². The Kier molecular flexibility index (Phi) is 6.49. The predicted octanol–water partition coefficient (Wildman–Crippen LogP) is 6.54. The highest BCUT2D eigenvalue weighted by molar-refractivity contribution is 6.14. The molecule has 0 saturated heterocycles. The lowest BCUT2D eigenvalue weighted by molar-refractivity contribution is -0.115. The molecular weight excluding hydrogens is 452 g/mol. The molecule has 0 radical (unpaired) electrons. The van der Waals surface area contributed by atoms with E-state index in [0.717, 1.165) is 16.7 Å². The number of furan rings is 1. The summed E-state index contributed by atoms with van der Waals surface area (Å²) in [6, 6.07) is 32.1. The predicted molar refractivity (Wildman–Crippen MR) is 141 cm³/mol. The number of ether oxygens (including phenoxy) is 1. The zero-order chi connectivity index (χ0) is 24.9. The van der Waals surface area contributed by atoms with E-state index >= 15 is 0 Å². The van der Waals surface area contributed by atoms with E-state index < -0.39 is 5.91 Å². The van der Waals surface area contributed by atoms with Crippen LogP contribution in [0.2, 0.25) is 0 Å². The van der Waals surface area contributed by atoms with Crippen molar-refractivity contribution in [3.8, 4) is 16.9 Å². The molecule has 178 valence electrons. The molecular formula is C30H24N2O4. The maximum atomic E-state index is 13.1. The Labute approximate surface area is 208 Å². The molecule has 1 aromatic heterocycles. The second kappa shape index (κ2) is 10.2. The quantitative estimate of drug-likeness (QED) is 0.279. The summed E-state index contributed by atoms with van der Waals surface area (Å²) < 4.78 is 11.0. The first-order valence-corrected chi connectivity index (χ1v) is 11.5. The summed E-state index contributed by atoms with van der Waals surface area (Å²) in [6.07, 6.45) is 0.161. The van der Waals surface area contributed by atoms with Gasteiger partial charge in [0, 0.05) is 11.1 Å². The Bertz CT molecular complexity index is 1500. The highest BCUT2D eigenvalue weighted by Gasteiger charge is 2.22. The molecule has 0 aliphatic heterocycles. The first-order valence-electron chi connectivity index (χ1n) is 11.5. The van der Waals surface area contributed by atoms with Crippen molar-refractivity contribution in [1.29, 1.82) is 0 Å². The lowest BCUT2D eigenvalue weighted by Crippen LogP contribution is -2.18. The van der Waals surface area contributed by atoms with Gasteiger partial charge >= 0.3 is 0 Å². The number of para-hydroxylation sites is 1. The second-order valence-electron chi connectivity index (χ2n) is 8.27. The number of nitrogens with one attached hydrogen (secondary N) is 2. The molecule has 2 amide bonds. The van der Waals surface area contributed by atoms with Crippen molar-refractivity contribution in [3.63, 3.8) is 0 Å². The smallest absolute Gasteiger partial charge is 0.293 e. The van der Waals surface area contributed by atoms with Crippen LogP contribution in [0.1, 0.15) is 16.1 Å². The maximum absolute atomic E-state index is 13.1. The lowest BCUT2D eigenvalue weighted by atomic mass is 10.0. The van der Waals surface area contributed by atoms with Gasteiger partial charge in [0.05, 0.1) is 13.5 Å². The van der Waals surface area contributed by atoms with Crippen LogP contribution in [0.25, 0.3) is 22.1 Å². The lowest BCUT2D eigenvalue weighted by Gasteiger charge is -2.09. The van der Waals surface area contributed by atoms with Gasteiger partial charge in [0.25, 0.3) is 5.91 Å². The summed E-state index contributed by atoms with van der Waals surface area (Å²) >= 11 is 0. The SMILES string of the molecule is COc1ccc(NC(=O)c2oc3ccccc3c2NC(=O)Cc2ccc(-c3ccccc3)cc2)cc1. The van der Waals surface area contributed by atoms with Crippen LogP contribution in [-0.4, -0.2) is 18.9 Å². The number of carbonyl (C=O) groups excluding carboxylic acids is 2. The first-order chi connectivity index (χ1) is 17.6. The molecule has 0 aliphatic carbocycles. The fraction of sp³-hybridized carbons (Fsp3) is 0.0667. The highest BCUT2D eigenvalue weighted by Crippen LogP contribution is 2.32. The van der Waals surface area contributed by atoms with Crippen LogP contribution in [-0.2, 0) is 11.2 Å². The number of methoxy groups -OCH3 is 1. The molecule has 0 saturated carbocycles. The maximum Gasteiger partial charge on any atom is 0.293 e. The van der Waals surface area contributed by atoms with E-state index in [1.807, 2.05) is 72.8 Å². The van der Waals surface area contributed by atoms with Crippen LogP contribution in [0.15, 0.2) is 108 Å². The zero-order valence-electron chi connectivity index (χ0n) is 19.7. The van der Waals surface area contributed by atoms with Gasteiger partial charge in [0.2, 0.25) is 11.7 Å². The molecule has 6 heteroatoms. The van der Waals surface area contributed by atoms with Crippen molar-refractivity contribution in [1.82, 2.24) is 0 Å². The Hall–Kier alpha value is -4.84. The molecule has 0 atom stereocenters. The number of amides is 2. The van der Waals surface area contributed by atoms with E-state index in [1.165, 1.54) is 0 Å². The summed E-state index contributed by atoms with van der Waals surface area (Å²) in [7, 11) is 1.58. The summed E-state index contributed by atoms with van der Waals surface area (Å²) in [5, 5.41) is 6.37. The van der Waals surface area contributed by atoms with Gasteiger partial charge in [0.15, 0.2) is 0 Å². The van der Waals surface area contributed by atoms with Gasteiger partial charge in [0.1, 0.15) is 17.0 Å². The minimum Gasteiger partial charge on any atom is -0.497 e. The van der Waals surface area contributed by atoms with Crippen molar-refractivity contribution in [2.24, 2.45) is 0 Å². The number of benzene rings is 4. The first kappa shape index (κ1) is 22.9. The number of hydrogen-bond acceptors (Lipinski definition) is 4. The topological polar surface area (TPSA) is 80.6 Å². The van der Waals surface area contributed by atoms with Gasteiger partial charge in [-0.3, -0.25) is 9.59 Å². The van der Waals surface area contributed by atoms with Crippen LogP contribution in [0.5, 0.6) is 5.75 Å². The minimum absolute atomic E-state index is 0.0415. The third kappa shape index (κ3) is 4.98. The molecule has 0 bridgehead atoms. The largest absolute Gasteiger partial charge is 0.497 e. The van der Waals surface area contributed by atoms with Crippen LogP contribution in [0.3, 0.4) is 0 Å². The van der Waals surface area contributed by atoms with Crippen LogP contribution >= 0.6 is 0 Å². The fourth-order valence-corrected chi connectivity index (χ4v) is 4.01. The average Bonchev–Trinajstić information content (AvgIpc) is 3.28. The van der Waals surface area contributed by atoms with Crippen LogP contribution in [0, 0.1) is 0 Å². The standard InChI is InChI=1S/C30H24N2O4/c1-35-24-17-15-23(16-18-24)31-30(34)29-28(25-9-5-6-10-26(25)36-29)32-27(33)19-20-11-13-22(14-12-20)21-7-3-2-4-8-21/h2-18H,19H2,1H3,(H,31,34)(H,32,33). The minimum atomic E-state index is -0.459. The van der Waals surface area contributed by atoms with Gasteiger partial charge in [-0.25, -0.2) is 0 Å². The number of hydrogen-bond donors (Lipinski definition) is 2. The fourth-order valence-electron chi connectivity index (χ4n) is 4.01. The van der Waals surface area contributed by atoms with E-state index in [2.05, 4.69) is 10.6 Å². The summed E-state index contributed by atoms with van der Waals surface area (Å²) in [6.45, 7) is 0. The number of anilines is 2. The summed E-state index contributed by atoms with van der Waals surface area (Å²) in [5.74, 6) is 0.0210. The van der Waals surface area contributed by atoms with Crippen LogP contribution in [0.4, 0.5) is 11.4 Å². The third-order valence-corrected chi connectivity index (χ3v) is 5.84. The Morgan fingerprint density at radius 3 is 2.14 bits per heavy atom. The average molecular weight is 477 g/mol. The van der Waals surface area contributed by atoms with Crippen molar-refractivity contribution in [3.05, 3.63) is 114 Å². The Balaban J connectivity index is 1.35. The van der Waals surface area contributed by atoms with E-state index in [-0.39, 0.29) is 18.1 Å². The van der Waals surface area contributed by atoms with E-state index in [0.29, 0.717) is 28.1 Å². The molecule has 36 heavy (non-hydrogen) atoms. The van der Waals surface area contributed by atoms with E-state index in [4.69, 9.17) is 9.15 Å². The van der Waals surface area contributed by atoms with Crippen molar-refractivity contribution < 1.29 is 18.7 Å². The zero-order valence-corrected chi connectivity index (χ0v) is 19.7. The molecule has 0 spiro atoms. The van der Waals surface area contributed by atoms with Crippen LogP contribution < -0.4 is 15.4 Å². The molecule has 2 N–H and O–H groups in total. The second-order valence-corrected chi connectivity index (χ2v) is 8.27. The molecule has 5 rings (SSSR count). The summed E-state index contributed by atoms with van der Waals surface area (Å²) in [4.78, 5) is 26.1. The van der Waals surface area contributed by atoms with Gasteiger partial charge in [-0.1, -0.05) is 66.7 Å². The number of carbonyl (C=O) groups is 2. The normalized spacial score (nSPS) is 10.7. The Morgan fingerprint density at radius 2 is 1.42 bits per heavy atom. The van der Waals surface area contributed by atoms with Gasteiger partial charge in [-0.05, 0) is 53.1 Å². The van der Waals surface area contributed by atoms with Gasteiger partial charge < -0.3 is 19.8 Å². The van der Waals surface area contributed by atoms with Gasteiger partial charge in [-0.2, -0.15) is 0 Å². The number of rotatable bonds is 7. The summed E-state index contributed by atoms with van der Waals surface area (Å²) in [5.41, 5.74) is 4.51. The molecule has 0 fully saturated rings. The molecule has 5 aromatic rings. The molecule has 0 unspecified atom stereocenters. The van der Waals surface area contributed by atoms with Gasteiger partial charge in [-0.15, -0.1) is 0 Å². The van der Waals surface area contributed by atoms with E-state index in [1.54, 1.807) is 37.4 Å². The van der Waals surface area contributed by atoms with E-state index in [9.17, 15) is 9.59 Å². The molecule has 6 nitrogen and oxygen atoms in total. The molecule has 0 aliphatic rings. The highest BCUT2D eigenvalue weighted by atomic mass is 16.5. The number of fused-ring (bicyclic) bond motifs is 1. The molecule has 4 aromatic carbocycles. The van der Waals surface area contributed by atoms with Crippen molar-refractivity contribution in [2.45, 2.75) is 6.42 Å². The third-order valence-electron chi connectivity index (χ3n) is 5.84. The monoisotopic (exact) mass is 476 g/mol. The Morgan fingerprint density at radius 1 is 0.750 bits per heavy atom. The molecule has 1 heterocycles.